The number of carbonyl (C=O) groups excluding carboxylic acids is 1. The molecule has 0 spiro atoms. The van der Waals surface area contributed by atoms with Crippen LogP contribution in [0.25, 0.3) is 6.08 Å². The van der Waals surface area contributed by atoms with Crippen LogP contribution in [-0.4, -0.2) is 29.6 Å². The molecular formula is C15H14ClNO4. The van der Waals surface area contributed by atoms with E-state index in [1.54, 1.807) is 24.3 Å². The van der Waals surface area contributed by atoms with Gasteiger partial charge in [0.05, 0.1) is 11.5 Å². The van der Waals surface area contributed by atoms with Crippen LogP contribution >= 0.6 is 11.6 Å². The zero-order valence-electron chi connectivity index (χ0n) is 11.1. The third-order valence-corrected chi connectivity index (χ3v) is 4.03. The molecule has 1 saturated carbocycles. The van der Waals surface area contributed by atoms with Gasteiger partial charge in [0.1, 0.15) is 12.4 Å². The van der Waals surface area contributed by atoms with Crippen molar-refractivity contribution in [2.24, 2.45) is 5.92 Å². The first kappa shape index (κ1) is 13.9. The van der Waals surface area contributed by atoms with E-state index < -0.39 is 5.97 Å². The molecule has 1 aliphatic heterocycles. The first-order valence-corrected chi connectivity index (χ1v) is 7.07. The van der Waals surface area contributed by atoms with Crippen LogP contribution in [0.1, 0.15) is 18.4 Å². The Balaban J connectivity index is 1.65. The van der Waals surface area contributed by atoms with Crippen LogP contribution in [0.2, 0.25) is 5.02 Å². The highest BCUT2D eigenvalue weighted by atomic mass is 35.5. The van der Waals surface area contributed by atoms with Gasteiger partial charge in [-0.1, -0.05) is 11.6 Å². The Morgan fingerprint density at radius 3 is 2.81 bits per heavy atom. The molecule has 2 aliphatic rings. The van der Waals surface area contributed by atoms with Gasteiger partial charge >= 0.3 is 5.97 Å². The molecular weight excluding hydrogens is 294 g/mol. The topological polar surface area (TPSA) is 75.6 Å². The normalized spacial score (nSPS) is 23.2. The largest absolute Gasteiger partial charge is 0.488 e. The second-order valence-electron chi connectivity index (χ2n) is 5.32. The number of amides is 1. The fourth-order valence-electron chi connectivity index (χ4n) is 2.49. The van der Waals surface area contributed by atoms with E-state index in [-0.39, 0.29) is 24.5 Å². The number of hydrogen-bond donors (Lipinski definition) is 2. The summed E-state index contributed by atoms with van der Waals surface area (Å²) in [6, 6.07) is 5.18. The van der Waals surface area contributed by atoms with Crippen molar-refractivity contribution in [3.8, 4) is 5.75 Å². The number of nitrogens with one attached hydrogen (secondary N) is 1. The number of hydrogen-bond acceptors (Lipinski definition) is 3. The van der Waals surface area contributed by atoms with Gasteiger partial charge in [0.25, 0.3) is 5.91 Å². The summed E-state index contributed by atoms with van der Waals surface area (Å²) < 4.78 is 5.52. The monoisotopic (exact) mass is 307 g/mol. The maximum atomic E-state index is 12.1. The van der Waals surface area contributed by atoms with E-state index in [0.717, 1.165) is 5.56 Å². The standard InChI is InChI=1S/C15H14ClNO4/c16-11-1-2-13-8(4-11)3-10(7-21-13)14(18)17-12-5-9(6-12)15(19)20/h1-4,9,12H,5-7H2,(H,17,18)(H,19,20). The summed E-state index contributed by atoms with van der Waals surface area (Å²) in [6.45, 7) is 0.204. The molecule has 1 amide bonds. The van der Waals surface area contributed by atoms with Gasteiger partial charge in [-0.2, -0.15) is 0 Å². The van der Waals surface area contributed by atoms with Crippen molar-refractivity contribution in [1.29, 1.82) is 0 Å². The Morgan fingerprint density at radius 1 is 1.33 bits per heavy atom. The second-order valence-corrected chi connectivity index (χ2v) is 5.75. The lowest BCUT2D eigenvalue weighted by Crippen LogP contribution is -2.47. The van der Waals surface area contributed by atoms with Crippen molar-refractivity contribution >= 4 is 29.6 Å². The molecule has 0 aromatic heterocycles. The zero-order valence-corrected chi connectivity index (χ0v) is 11.9. The molecule has 0 saturated heterocycles. The number of benzene rings is 1. The molecule has 21 heavy (non-hydrogen) atoms. The molecule has 110 valence electrons. The molecule has 6 heteroatoms. The number of aliphatic carboxylic acids is 1. The van der Waals surface area contributed by atoms with Gasteiger partial charge < -0.3 is 15.2 Å². The van der Waals surface area contributed by atoms with Crippen LogP contribution < -0.4 is 10.1 Å². The van der Waals surface area contributed by atoms with Gasteiger partial charge in [0.2, 0.25) is 0 Å². The number of carboxylic acids is 1. The molecule has 0 bridgehead atoms. The van der Waals surface area contributed by atoms with Crippen LogP contribution in [0.5, 0.6) is 5.75 Å². The number of ether oxygens (including phenoxy) is 1. The summed E-state index contributed by atoms with van der Waals surface area (Å²) in [4.78, 5) is 22.9. The summed E-state index contributed by atoms with van der Waals surface area (Å²) in [5.74, 6) is -0.657. The quantitative estimate of drug-likeness (QED) is 0.896. The van der Waals surface area contributed by atoms with Gasteiger partial charge in [-0.05, 0) is 37.1 Å². The summed E-state index contributed by atoms with van der Waals surface area (Å²) in [6.07, 6.45) is 2.72. The van der Waals surface area contributed by atoms with Crippen molar-refractivity contribution in [2.75, 3.05) is 6.61 Å². The molecule has 1 aromatic carbocycles. The molecule has 1 aromatic rings. The van der Waals surface area contributed by atoms with Crippen LogP contribution in [0.15, 0.2) is 23.8 Å². The highest BCUT2D eigenvalue weighted by Crippen LogP contribution is 2.30. The lowest BCUT2D eigenvalue weighted by atomic mass is 9.80. The summed E-state index contributed by atoms with van der Waals surface area (Å²) >= 11 is 5.92. The fourth-order valence-corrected chi connectivity index (χ4v) is 2.68. The average molecular weight is 308 g/mol. The van der Waals surface area contributed by atoms with Crippen LogP contribution in [-0.2, 0) is 9.59 Å². The first-order chi connectivity index (χ1) is 10.0. The lowest BCUT2D eigenvalue weighted by Gasteiger charge is -2.33. The van der Waals surface area contributed by atoms with Crippen molar-refractivity contribution < 1.29 is 19.4 Å². The Kier molecular flexibility index (Phi) is 3.59. The smallest absolute Gasteiger partial charge is 0.306 e. The molecule has 1 fully saturated rings. The van der Waals surface area contributed by atoms with Gasteiger partial charge in [-0.3, -0.25) is 9.59 Å². The Bertz CT molecular complexity index is 635. The van der Waals surface area contributed by atoms with Crippen LogP contribution in [0.4, 0.5) is 0 Å². The minimum Gasteiger partial charge on any atom is -0.488 e. The van der Waals surface area contributed by atoms with Crippen LogP contribution in [0, 0.1) is 5.92 Å². The van der Waals surface area contributed by atoms with Gasteiger partial charge in [-0.25, -0.2) is 0 Å². The van der Waals surface area contributed by atoms with E-state index >= 15 is 0 Å². The lowest BCUT2D eigenvalue weighted by molar-refractivity contribution is -0.146. The molecule has 2 N–H and O–H groups in total. The van der Waals surface area contributed by atoms with E-state index in [1.807, 2.05) is 0 Å². The fraction of sp³-hybridized carbons (Fsp3) is 0.333. The van der Waals surface area contributed by atoms with Crippen molar-refractivity contribution in [1.82, 2.24) is 5.32 Å². The minimum atomic E-state index is -0.802. The average Bonchev–Trinajstić information content (AvgIpc) is 2.40. The molecule has 0 atom stereocenters. The molecule has 3 rings (SSSR count). The Morgan fingerprint density at radius 2 is 2.10 bits per heavy atom. The third kappa shape index (κ3) is 2.88. The highest BCUT2D eigenvalue weighted by Gasteiger charge is 2.35. The molecule has 0 unspecified atom stereocenters. The van der Waals surface area contributed by atoms with E-state index in [1.165, 1.54) is 0 Å². The predicted molar refractivity (Wildman–Crippen MR) is 77.2 cm³/mol. The zero-order chi connectivity index (χ0) is 15.0. The Labute approximate surface area is 126 Å². The molecule has 1 heterocycles. The maximum Gasteiger partial charge on any atom is 0.306 e. The second kappa shape index (κ2) is 5.41. The van der Waals surface area contributed by atoms with Crippen molar-refractivity contribution in [2.45, 2.75) is 18.9 Å². The predicted octanol–water partition coefficient (Wildman–Crippen LogP) is 2.10. The summed E-state index contributed by atoms with van der Waals surface area (Å²) in [7, 11) is 0. The molecule has 0 radical (unpaired) electrons. The van der Waals surface area contributed by atoms with Gasteiger partial charge in [0, 0.05) is 16.6 Å². The van der Waals surface area contributed by atoms with E-state index in [4.69, 9.17) is 21.4 Å². The Hall–Kier alpha value is -2.01. The number of rotatable bonds is 3. The first-order valence-electron chi connectivity index (χ1n) is 6.69. The third-order valence-electron chi connectivity index (χ3n) is 3.80. The van der Waals surface area contributed by atoms with Crippen molar-refractivity contribution in [3.05, 3.63) is 34.4 Å². The number of halogens is 1. The highest BCUT2D eigenvalue weighted by molar-refractivity contribution is 6.30. The number of carboxylic acid groups (broad SMARTS) is 1. The number of carbonyl (C=O) groups is 2. The van der Waals surface area contributed by atoms with Gasteiger partial charge in [-0.15, -0.1) is 0 Å². The molecule has 1 aliphatic carbocycles. The van der Waals surface area contributed by atoms with Crippen LogP contribution in [0.3, 0.4) is 0 Å². The van der Waals surface area contributed by atoms with E-state index in [0.29, 0.717) is 29.2 Å². The van der Waals surface area contributed by atoms with E-state index in [2.05, 4.69) is 5.32 Å². The summed E-state index contributed by atoms with van der Waals surface area (Å²) in [5, 5.41) is 12.2. The number of fused-ring (bicyclic) bond motifs is 1. The maximum absolute atomic E-state index is 12.1. The minimum absolute atomic E-state index is 0.0692. The molecule has 5 nitrogen and oxygen atoms in total. The summed E-state index contributed by atoms with van der Waals surface area (Å²) in [5.41, 5.74) is 1.29. The van der Waals surface area contributed by atoms with Gasteiger partial charge in [0.15, 0.2) is 0 Å². The SMILES string of the molecule is O=C(NC1CC(C(=O)O)C1)C1=Cc2cc(Cl)ccc2OC1. The van der Waals surface area contributed by atoms with E-state index in [9.17, 15) is 9.59 Å². The van der Waals surface area contributed by atoms with Crippen molar-refractivity contribution in [3.63, 3.8) is 0 Å².